The molecular formula is C16H16ClFO. The first kappa shape index (κ1) is 14.0. The van der Waals surface area contributed by atoms with E-state index < -0.39 is 5.41 Å². The second kappa shape index (κ2) is 5.72. The van der Waals surface area contributed by atoms with Gasteiger partial charge in [0, 0.05) is 10.4 Å². The molecule has 1 nitrogen and oxygen atoms in total. The maximum absolute atomic E-state index is 13.7. The predicted molar refractivity (Wildman–Crippen MR) is 76.0 cm³/mol. The molecule has 0 aliphatic carbocycles. The van der Waals surface area contributed by atoms with Gasteiger partial charge in [-0.1, -0.05) is 48.9 Å². The molecule has 0 aliphatic rings. The minimum Gasteiger partial charge on any atom is -0.395 e. The summed E-state index contributed by atoms with van der Waals surface area (Å²) in [6, 6.07) is 14.0. The van der Waals surface area contributed by atoms with Crippen molar-refractivity contribution in [1.82, 2.24) is 0 Å². The lowest BCUT2D eigenvalue weighted by Crippen LogP contribution is -2.29. The maximum atomic E-state index is 13.7. The molecule has 2 aromatic carbocycles. The van der Waals surface area contributed by atoms with Gasteiger partial charge in [0.25, 0.3) is 0 Å². The molecule has 2 rings (SSSR count). The zero-order valence-corrected chi connectivity index (χ0v) is 11.5. The molecule has 0 aliphatic heterocycles. The molecule has 0 bridgehead atoms. The quantitative estimate of drug-likeness (QED) is 0.897. The minimum absolute atomic E-state index is 0.0678. The van der Waals surface area contributed by atoms with Crippen molar-refractivity contribution in [3.63, 3.8) is 0 Å². The highest BCUT2D eigenvalue weighted by Crippen LogP contribution is 2.30. The Morgan fingerprint density at radius 3 is 2.53 bits per heavy atom. The van der Waals surface area contributed by atoms with Gasteiger partial charge in [0.1, 0.15) is 5.82 Å². The lowest BCUT2D eigenvalue weighted by atomic mass is 9.78. The Morgan fingerprint density at radius 2 is 1.89 bits per heavy atom. The van der Waals surface area contributed by atoms with Crippen LogP contribution in [0.2, 0.25) is 5.02 Å². The molecule has 0 aromatic heterocycles. The summed E-state index contributed by atoms with van der Waals surface area (Å²) >= 11 is 5.99. The van der Waals surface area contributed by atoms with E-state index >= 15 is 0 Å². The first-order valence-electron chi connectivity index (χ1n) is 6.15. The van der Waals surface area contributed by atoms with Crippen LogP contribution < -0.4 is 0 Å². The van der Waals surface area contributed by atoms with E-state index in [1.54, 1.807) is 24.3 Å². The molecule has 0 fully saturated rings. The number of halogens is 2. The zero-order chi connectivity index (χ0) is 13.9. The largest absolute Gasteiger partial charge is 0.395 e. The van der Waals surface area contributed by atoms with Crippen LogP contribution in [0.3, 0.4) is 0 Å². The third-order valence-corrected chi connectivity index (χ3v) is 3.64. The smallest absolute Gasteiger partial charge is 0.126 e. The molecule has 0 saturated heterocycles. The maximum Gasteiger partial charge on any atom is 0.126 e. The van der Waals surface area contributed by atoms with E-state index in [1.165, 1.54) is 6.07 Å². The van der Waals surface area contributed by atoms with E-state index in [0.717, 1.165) is 5.56 Å². The monoisotopic (exact) mass is 278 g/mol. The van der Waals surface area contributed by atoms with E-state index in [-0.39, 0.29) is 12.4 Å². The Bertz CT molecular complexity index is 570. The fourth-order valence-corrected chi connectivity index (χ4v) is 2.37. The van der Waals surface area contributed by atoms with Crippen molar-refractivity contribution in [2.45, 2.75) is 18.8 Å². The first-order chi connectivity index (χ1) is 9.05. The van der Waals surface area contributed by atoms with E-state index in [2.05, 4.69) is 0 Å². The highest BCUT2D eigenvalue weighted by atomic mass is 35.5. The topological polar surface area (TPSA) is 20.2 Å². The average Bonchev–Trinajstić information content (AvgIpc) is 2.41. The molecule has 1 unspecified atom stereocenters. The van der Waals surface area contributed by atoms with Crippen LogP contribution in [0.25, 0.3) is 0 Å². The summed E-state index contributed by atoms with van der Waals surface area (Å²) in [5.74, 6) is -0.246. The van der Waals surface area contributed by atoms with Crippen LogP contribution >= 0.6 is 11.6 Å². The van der Waals surface area contributed by atoms with Gasteiger partial charge in [-0.25, -0.2) is 4.39 Å². The molecule has 2 aromatic rings. The van der Waals surface area contributed by atoms with Crippen molar-refractivity contribution in [1.29, 1.82) is 0 Å². The van der Waals surface area contributed by atoms with Gasteiger partial charge in [-0.3, -0.25) is 0 Å². The Kier molecular flexibility index (Phi) is 4.23. The van der Waals surface area contributed by atoms with Gasteiger partial charge in [0.15, 0.2) is 0 Å². The second-order valence-corrected chi connectivity index (χ2v) is 5.43. The van der Waals surface area contributed by atoms with Crippen molar-refractivity contribution in [2.75, 3.05) is 6.61 Å². The predicted octanol–water partition coefficient (Wildman–Crippen LogP) is 3.97. The number of aliphatic hydroxyl groups excluding tert-OH is 1. The normalized spacial score (nSPS) is 14.1. The zero-order valence-electron chi connectivity index (χ0n) is 10.7. The van der Waals surface area contributed by atoms with Crippen molar-refractivity contribution in [3.8, 4) is 0 Å². The van der Waals surface area contributed by atoms with E-state index in [1.807, 2.05) is 25.1 Å². The van der Waals surface area contributed by atoms with Crippen LogP contribution in [0, 0.1) is 5.82 Å². The van der Waals surface area contributed by atoms with Crippen LogP contribution in [0.4, 0.5) is 4.39 Å². The third kappa shape index (κ3) is 3.14. The summed E-state index contributed by atoms with van der Waals surface area (Å²) in [5.41, 5.74) is 0.956. The lowest BCUT2D eigenvalue weighted by Gasteiger charge is -2.28. The summed E-state index contributed by atoms with van der Waals surface area (Å²) in [5, 5.41) is 10.3. The van der Waals surface area contributed by atoms with Gasteiger partial charge >= 0.3 is 0 Å². The van der Waals surface area contributed by atoms with Crippen LogP contribution in [0.1, 0.15) is 18.1 Å². The van der Waals surface area contributed by atoms with Crippen LogP contribution in [0.15, 0.2) is 48.5 Å². The molecule has 0 radical (unpaired) electrons. The van der Waals surface area contributed by atoms with Crippen LogP contribution in [0.5, 0.6) is 0 Å². The second-order valence-electron chi connectivity index (χ2n) is 5.00. The molecule has 0 saturated carbocycles. The van der Waals surface area contributed by atoms with Gasteiger partial charge in [-0.05, 0) is 35.7 Å². The van der Waals surface area contributed by atoms with Gasteiger partial charge < -0.3 is 5.11 Å². The molecule has 0 amide bonds. The lowest BCUT2D eigenvalue weighted by molar-refractivity contribution is 0.204. The SMILES string of the molecule is CC(CO)(Cc1ccccc1F)c1cccc(Cl)c1. The summed E-state index contributed by atoms with van der Waals surface area (Å²) in [4.78, 5) is 0. The van der Waals surface area contributed by atoms with E-state index in [0.29, 0.717) is 17.0 Å². The van der Waals surface area contributed by atoms with Gasteiger partial charge in [0.05, 0.1) is 6.61 Å². The van der Waals surface area contributed by atoms with Gasteiger partial charge in [0.2, 0.25) is 0 Å². The van der Waals surface area contributed by atoms with Gasteiger partial charge in [-0.2, -0.15) is 0 Å². The van der Waals surface area contributed by atoms with E-state index in [9.17, 15) is 9.50 Å². The number of hydrogen-bond donors (Lipinski definition) is 1. The fraction of sp³-hybridized carbons (Fsp3) is 0.250. The molecule has 0 spiro atoms. The van der Waals surface area contributed by atoms with Gasteiger partial charge in [-0.15, -0.1) is 0 Å². The Hall–Kier alpha value is -1.38. The summed E-state index contributed by atoms with van der Waals surface area (Å²) in [7, 11) is 0. The number of rotatable bonds is 4. The molecule has 100 valence electrons. The van der Waals surface area contributed by atoms with Crippen molar-refractivity contribution in [3.05, 3.63) is 70.5 Å². The molecular weight excluding hydrogens is 263 g/mol. The minimum atomic E-state index is -0.549. The molecule has 0 heterocycles. The van der Waals surface area contributed by atoms with Crippen LogP contribution in [-0.2, 0) is 11.8 Å². The third-order valence-electron chi connectivity index (χ3n) is 3.41. The summed E-state index contributed by atoms with van der Waals surface area (Å²) in [6.07, 6.45) is 0.427. The fourth-order valence-electron chi connectivity index (χ4n) is 2.18. The molecule has 3 heteroatoms. The Labute approximate surface area is 117 Å². The molecule has 1 N–H and O–H groups in total. The molecule has 19 heavy (non-hydrogen) atoms. The highest BCUT2D eigenvalue weighted by Gasteiger charge is 2.27. The number of benzene rings is 2. The number of hydrogen-bond acceptors (Lipinski definition) is 1. The Balaban J connectivity index is 2.36. The van der Waals surface area contributed by atoms with Crippen molar-refractivity contribution in [2.24, 2.45) is 0 Å². The Morgan fingerprint density at radius 1 is 1.16 bits per heavy atom. The highest BCUT2D eigenvalue weighted by molar-refractivity contribution is 6.30. The van der Waals surface area contributed by atoms with E-state index in [4.69, 9.17) is 11.6 Å². The summed E-state index contributed by atoms with van der Waals surface area (Å²) < 4.78 is 13.7. The standard InChI is InChI=1S/C16H16ClFO/c1-16(11-19,13-6-4-7-14(17)9-13)10-12-5-2-3-8-15(12)18/h2-9,19H,10-11H2,1H3. The molecule has 1 atom stereocenters. The van der Waals surface area contributed by atoms with Crippen molar-refractivity contribution < 1.29 is 9.50 Å². The number of aliphatic hydroxyl groups is 1. The first-order valence-corrected chi connectivity index (χ1v) is 6.53. The van der Waals surface area contributed by atoms with Crippen molar-refractivity contribution >= 4 is 11.6 Å². The van der Waals surface area contributed by atoms with Crippen LogP contribution in [-0.4, -0.2) is 11.7 Å². The average molecular weight is 279 g/mol. The summed E-state index contributed by atoms with van der Waals surface area (Å²) in [6.45, 7) is 1.84.